The van der Waals surface area contributed by atoms with Crippen LogP contribution in [0.5, 0.6) is 5.75 Å². The highest BCUT2D eigenvalue weighted by molar-refractivity contribution is 5.28. The first kappa shape index (κ1) is 14.6. The Morgan fingerprint density at radius 1 is 1.35 bits per heavy atom. The van der Waals surface area contributed by atoms with Crippen molar-refractivity contribution in [2.45, 2.75) is 26.1 Å². The molecule has 1 aromatic heterocycles. The van der Waals surface area contributed by atoms with Gasteiger partial charge >= 0.3 is 0 Å². The zero-order valence-corrected chi connectivity index (χ0v) is 11.9. The Kier molecular flexibility index (Phi) is 5.15. The number of methoxy groups -OCH3 is 1. The number of aryl methyl sites for hydroxylation is 1. The van der Waals surface area contributed by atoms with Crippen molar-refractivity contribution in [3.05, 3.63) is 47.8 Å². The number of hydrogen-bond donors (Lipinski definition) is 2. The molecule has 0 saturated carbocycles. The van der Waals surface area contributed by atoms with Gasteiger partial charge in [-0.25, -0.2) is 0 Å². The van der Waals surface area contributed by atoms with E-state index in [1.165, 1.54) is 0 Å². The van der Waals surface area contributed by atoms with Crippen LogP contribution in [0, 0.1) is 0 Å². The fourth-order valence-corrected chi connectivity index (χ4v) is 1.97. The van der Waals surface area contributed by atoms with Crippen molar-refractivity contribution in [2.75, 3.05) is 13.7 Å². The van der Waals surface area contributed by atoms with Crippen LogP contribution in [0.2, 0.25) is 0 Å². The van der Waals surface area contributed by atoms with Gasteiger partial charge in [0, 0.05) is 31.4 Å². The molecule has 5 nitrogen and oxygen atoms in total. The summed E-state index contributed by atoms with van der Waals surface area (Å²) in [5.41, 5.74) is 2.00. The molecule has 0 amide bonds. The lowest BCUT2D eigenvalue weighted by atomic mass is 10.1. The van der Waals surface area contributed by atoms with Gasteiger partial charge in [-0.3, -0.25) is 4.68 Å². The molecule has 0 saturated heterocycles. The molecular formula is C15H21N3O2. The van der Waals surface area contributed by atoms with E-state index in [1.54, 1.807) is 7.11 Å². The van der Waals surface area contributed by atoms with Crippen LogP contribution in [0.25, 0.3) is 0 Å². The third-order valence-electron chi connectivity index (χ3n) is 3.18. The third-order valence-corrected chi connectivity index (χ3v) is 3.18. The van der Waals surface area contributed by atoms with Crippen molar-refractivity contribution >= 4 is 0 Å². The largest absolute Gasteiger partial charge is 0.497 e. The Morgan fingerprint density at radius 2 is 2.10 bits per heavy atom. The van der Waals surface area contributed by atoms with Gasteiger partial charge in [0.15, 0.2) is 0 Å². The minimum atomic E-state index is -0.526. The average molecular weight is 275 g/mol. The summed E-state index contributed by atoms with van der Waals surface area (Å²) in [6.07, 6.45) is 3.32. The van der Waals surface area contributed by atoms with Gasteiger partial charge in [-0.2, -0.15) is 5.10 Å². The van der Waals surface area contributed by atoms with Gasteiger partial charge in [0.1, 0.15) is 5.75 Å². The molecule has 0 radical (unpaired) electrons. The minimum Gasteiger partial charge on any atom is -0.497 e. The normalized spacial score (nSPS) is 12.3. The fourth-order valence-electron chi connectivity index (χ4n) is 1.97. The zero-order chi connectivity index (χ0) is 14.4. The lowest BCUT2D eigenvalue weighted by molar-refractivity contribution is 0.174. The van der Waals surface area contributed by atoms with Gasteiger partial charge in [0.25, 0.3) is 0 Å². The lowest BCUT2D eigenvalue weighted by Gasteiger charge is -2.12. The van der Waals surface area contributed by atoms with Crippen LogP contribution < -0.4 is 10.1 Å². The van der Waals surface area contributed by atoms with Gasteiger partial charge in [0.05, 0.1) is 19.4 Å². The van der Waals surface area contributed by atoms with Crippen LogP contribution in [0.15, 0.2) is 36.7 Å². The van der Waals surface area contributed by atoms with Crippen LogP contribution in [0.4, 0.5) is 0 Å². The number of aliphatic hydroxyl groups is 1. The molecule has 0 bridgehead atoms. The molecule has 0 aliphatic heterocycles. The predicted octanol–water partition coefficient (Wildman–Crippen LogP) is 1.73. The first-order valence-electron chi connectivity index (χ1n) is 6.77. The molecule has 1 aromatic carbocycles. The molecule has 2 aromatic rings. The number of hydrogen-bond acceptors (Lipinski definition) is 4. The van der Waals surface area contributed by atoms with E-state index in [2.05, 4.69) is 17.3 Å². The summed E-state index contributed by atoms with van der Waals surface area (Å²) in [7, 11) is 1.63. The van der Waals surface area contributed by atoms with Crippen molar-refractivity contribution in [1.29, 1.82) is 0 Å². The summed E-state index contributed by atoms with van der Waals surface area (Å²) in [4.78, 5) is 0. The molecule has 108 valence electrons. The molecule has 0 spiro atoms. The fraction of sp³-hybridized carbons (Fsp3) is 0.400. The third kappa shape index (κ3) is 3.82. The minimum absolute atomic E-state index is 0.504. The second kappa shape index (κ2) is 7.07. The SMILES string of the molecule is CCn1cc(CNCC(O)c2ccc(OC)cc2)cn1. The molecule has 2 rings (SSSR count). The molecule has 2 N–H and O–H groups in total. The Bertz CT molecular complexity index is 522. The maximum atomic E-state index is 10.1. The average Bonchev–Trinajstić information content (AvgIpc) is 2.95. The van der Waals surface area contributed by atoms with Crippen LogP contribution in [-0.2, 0) is 13.1 Å². The topological polar surface area (TPSA) is 59.3 Å². The Balaban J connectivity index is 1.80. The first-order valence-corrected chi connectivity index (χ1v) is 6.77. The van der Waals surface area contributed by atoms with Crippen LogP contribution >= 0.6 is 0 Å². The molecular weight excluding hydrogens is 254 g/mol. The van der Waals surface area contributed by atoms with Crippen molar-refractivity contribution in [3.63, 3.8) is 0 Å². The highest BCUT2D eigenvalue weighted by Crippen LogP contribution is 2.17. The monoisotopic (exact) mass is 275 g/mol. The number of rotatable bonds is 7. The maximum absolute atomic E-state index is 10.1. The summed E-state index contributed by atoms with van der Waals surface area (Å²) in [5.74, 6) is 0.792. The standard InChI is InChI=1S/C15H21N3O2/c1-3-18-11-12(9-17-18)8-16-10-15(19)13-4-6-14(20-2)7-5-13/h4-7,9,11,15-16,19H,3,8,10H2,1-2H3. The lowest BCUT2D eigenvalue weighted by Crippen LogP contribution is -2.20. The summed E-state index contributed by atoms with van der Waals surface area (Å²) >= 11 is 0. The Labute approximate surface area is 119 Å². The van der Waals surface area contributed by atoms with E-state index in [4.69, 9.17) is 4.74 Å². The second-order valence-corrected chi connectivity index (χ2v) is 4.62. The number of nitrogens with one attached hydrogen (secondary N) is 1. The highest BCUT2D eigenvalue weighted by atomic mass is 16.5. The first-order chi connectivity index (χ1) is 9.72. The summed E-state index contributed by atoms with van der Waals surface area (Å²) in [6.45, 7) is 4.13. The summed E-state index contributed by atoms with van der Waals surface area (Å²) in [5, 5.41) is 17.5. The highest BCUT2D eigenvalue weighted by Gasteiger charge is 2.07. The molecule has 1 heterocycles. The Hall–Kier alpha value is -1.85. The van der Waals surface area contributed by atoms with E-state index in [0.29, 0.717) is 13.1 Å². The van der Waals surface area contributed by atoms with Crippen LogP contribution in [0.1, 0.15) is 24.2 Å². The zero-order valence-electron chi connectivity index (χ0n) is 11.9. The quantitative estimate of drug-likeness (QED) is 0.808. The van der Waals surface area contributed by atoms with E-state index in [1.807, 2.05) is 41.3 Å². The van der Waals surface area contributed by atoms with Crippen molar-refractivity contribution in [1.82, 2.24) is 15.1 Å². The molecule has 0 aliphatic rings. The van der Waals surface area contributed by atoms with Crippen LogP contribution in [-0.4, -0.2) is 28.5 Å². The second-order valence-electron chi connectivity index (χ2n) is 4.62. The molecule has 0 aliphatic carbocycles. The number of benzene rings is 1. The van der Waals surface area contributed by atoms with E-state index < -0.39 is 6.10 Å². The van der Waals surface area contributed by atoms with Crippen molar-refractivity contribution in [3.8, 4) is 5.75 Å². The maximum Gasteiger partial charge on any atom is 0.118 e. The van der Waals surface area contributed by atoms with E-state index in [-0.39, 0.29) is 0 Å². The van der Waals surface area contributed by atoms with Crippen molar-refractivity contribution < 1.29 is 9.84 Å². The molecule has 20 heavy (non-hydrogen) atoms. The summed E-state index contributed by atoms with van der Waals surface area (Å²) < 4.78 is 6.98. The molecule has 1 unspecified atom stereocenters. The van der Waals surface area contributed by atoms with Gasteiger partial charge in [-0.05, 0) is 24.6 Å². The van der Waals surface area contributed by atoms with Gasteiger partial charge in [-0.1, -0.05) is 12.1 Å². The summed E-state index contributed by atoms with van der Waals surface area (Å²) in [6, 6.07) is 7.45. The Morgan fingerprint density at radius 3 is 2.70 bits per heavy atom. The smallest absolute Gasteiger partial charge is 0.118 e. The van der Waals surface area contributed by atoms with Gasteiger partial charge in [0.2, 0.25) is 0 Å². The van der Waals surface area contributed by atoms with E-state index in [9.17, 15) is 5.11 Å². The molecule has 5 heteroatoms. The van der Waals surface area contributed by atoms with Gasteiger partial charge < -0.3 is 15.2 Å². The number of nitrogens with zero attached hydrogens (tertiary/aromatic N) is 2. The molecule has 0 fully saturated rings. The van der Waals surface area contributed by atoms with E-state index >= 15 is 0 Å². The number of aromatic nitrogens is 2. The molecule has 1 atom stereocenters. The number of ether oxygens (including phenoxy) is 1. The number of aliphatic hydroxyl groups excluding tert-OH is 1. The van der Waals surface area contributed by atoms with E-state index in [0.717, 1.165) is 23.4 Å². The van der Waals surface area contributed by atoms with Crippen LogP contribution in [0.3, 0.4) is 0 Å². The predicted molar refractivity (Wildman–Crippen MR) is 77.6 cm³/mol. The van der Waals surface area contributed by atoms with Gasteiger partial charge in [-0.15, -0.1) is 0 Å². The van der Waals surface area contributed by atoms with Crippen molar-refractivity contribution in [2.24, 2.45) is 0 Å².